The van der Waals surface area contributed by atoms with Crippen molar-refractivity contribution in [3.63, 3.8) is 0 Å². The van der Waals surface area contributed by atoms with Crippen LogP contribution in [-0.2, 0) is 11.3 Å². The van der Waals surface area contributed by atoms with E-state index in [0.29, 0.717) is 0 Å². The van der Waals surface area contributed by atoms with E-state index in [4.69, 9.17) is 0 Å². The number of aromatic amines is 1. The number of nitrogens with one attached hydrogen (secondary N) is 2. The molecule has 2 N–H and O–H groups in total. The number of carbonyl (C=O) groups is 1. The lowest BCUT2D eigenvalue weighted by molar-refractivity contribution is -0.114. The van der Waals surface area contributed by atoms with Gasteiger partial charge >= 0.3 is 0 Å². The Kier molecular flexibility index (Phi) is 6.52. The van der Waals surface area contributed by atoms with Crippen molar-refractivity contribution in [3.8, 4) is 11.8 Å². The lowest BCUT2D eigenvalue weighted by Crippen LogP contribution is -2.43. The number of aromatic nitrogens is 2. The zero-order chi connectivity index (χ0) is 23.5. The van der Waals surface area contributed by atoms with Crippen molar-refractivity contribution in [2.45, 2.75) is 26.3 Å². The van der Waals surface area contributed by atoms with Crippen LogP contribution in [-0.4, -0.2) is 72.2 Å². The number of nitrogens with zero attached hydrogens (tertiary/aromatic N) is 4. The lowest BCUT2D eigenvalue weighted by atomic mass is 10.1. The fourth-order valence-electron chi connectivity index (χ4n) is 4.80. The van der Waals surface area contributed by atoms with Gasteiger partial charge in [0.2, 0.25) is 5.91 Å². The molecule has 0 unspecified atom stereocenters. The number of carbonyl (C=O) groups excluding carboxylic acids is 1. The Labute approximate surface area is 201 Å². The van der Waals surface area contributed by atoms with Gasteiger partial charge in [-0.15, -0.1) is 0 Å². The first-order chi connectivity index (χ1) is 16.5. The number of rotatable bonds is 4. The van der Waals surface area contributed by atoms with Crippen molar-refractivity contribution >= 4 is 28.2 Å². The molecule has 0 saturated carbocycles. The van der Waals surface area contributed by atoms with Gasteiger partial charge in [0.25, 0.3) is 0 Å². The molecule has 2 saturated heterocycles. The molecule has 3 heterocycles. The molecular weight excluding hydrogens is 424 g/mol. The maximum atomic E-state index is 11.9. The molecule has 0 radical (unpaired) electrons. The van der Waals surface area contributed by atoms with Gasteiger partial charge in [0.05, 0.1) is 16.9 Å². The van der Waals surface area contributed by atoms with Crippen LogP contribution < -0.4 is 10.2 Å². The highest BCUT2D eigenvalue weighted by Gasteiger charge is 2.19. The van der Waals surface area contributed by atoms with E-state index < -0.39 is 0 Å². The maximum Gasteiger partial charge on any atom is 0.221 e. The molecule has 0 aliphatic carbocycles. The quantitative estimate of drug-likeness (QED) is 0.590. The minimum atomic E-state index is -0.0758. The van der Waals surface area contributed by atoms with Crippen LogP contribution in [0.5, 0.6) is 0 Å². The summed E-state index contributed by atoms with van der Waals surface area (Å²) < 4.78 is 0. The van der Waals surface area contributed by atoms with Gasteiger partial charge in [0.1, 0.15) is 5.69 Å². The zero-order valence-electron chi connectivity index (χ0n) is 20.0. The second kappa shape index (κ2) is 9.88. The molecule has 34 heavy (non-hydrogen) atoms. The average Bonchev–Trinajstić information content (AvgIpc) is 3.49. The van der Waals surface area contributed by atoms with E-state index in [-0.39, 0.29) is 5.91 Å². The molecule has 5 rings (SSSR count). The standard InChI is InChI=1S/C27H32N6O/c1-20(34)28-26-17-23-24(29-30-25(23)18-27(26)33-10-3-4-11-33)9-8-21-6-5-7-22(16-21)19-32-14-12-31(2)13-15-32/h5-7,16-18H,3-4,10-15,19H2,1-2H3,(H,28,34)(H,29,30). The van der Waals surface area contributed by atoms with Crippen molar-refractivity contribution in [2.75, 3.05) is 56.5 Å². The van der Waals surface area contributed by atoms with Gasteiger partial charge < -0.3 is 15.1 Å². The molecule has 1 amide bonds. The number of benzene rings is 2. The number of likely N-dealkylation sites (N-methyl/N-ethyl adjacent to an activating group) is 1. The van der Waals surface area contributed by atoms with Crippen molar-refractivity contribution in [1.29, 1.82) is 0 Å². The summed E-state index contributed by atoms with van der Waals surface area (Å²) in [5.41, 5.74) is 5.76. The first-order valence-corrected chi connectivity index (χ1v) is 12.1. The number of H-pyrrole nitrogens is 1. The van der Waals surface area contributed by atoms with Crippen molar-refractivity contribution < 1.29 is 4.79 Å². The van der Waals surface area contributed by atoms with Crippen molar-refractivity contribution in [3.05, 3.63) is 53.2 Å². The summed E-state index contributed by atoms with van der Waals surface area (Å²) in [5.74, 6) is 6.51. The van der Waals surface area contributed by atoms with Crippen LogP contribution in [0.4, 0.5) is 11.4 Å². The van der Waals surface area contributed by atoms with E-state index in [0.717, 1.165) is 79.3 Å². The molecule has 176 valence electrons. The number of hydrogen-bond acceptors (Lipinski definition) is 5. The molecular formula is C27H32N6O. The van der Waals surface area contributed by atoms with Gasteiger partial charge in [-0.25, -0.2) is 0 Å². The highest BCUT2D eigenvalue weighted by molar-refractivity contribution is 5.99. The molecule has 0 bridgehead atoms. The SMILES string of the molecule is CC(=O)Nc1cc2c(C#Cc3cccc(CN4CCN(C)CC4)c3)[nH]nc2cc1N1CCCC1. The van der Waals surface area contributed by atoms with Crippen LogP contribution in [0.15, 0.2) is 36.4 Å². The molecule has 7 nitrogen and oxygen atoms in total. The Morgan fingerprint density at radius 3 is 2.62 bits per heavy atom. The number of amides is 1. The Balaban J connectivity index is 1.39. The third kappa shape index (κ3) is 5.09. The van der Waals surface area contributed by atoms with Crippen molar-refractivity contribution in [2.24, 2.45) is 0 Å². The van der Waals surface area contributed by atoms with Gasteiger partial charge in [-0.3, -0.25) is 14.8 Å². The molecule has 2 aromatic carbocycles. The molecule has 0 atom stereocenters. The summed E-state index contributed by atoms with van der Waals surface area (Å²) in [6, 6.07) is 12.5. The summed E-state index contributed by atoms with van der Waals surface area (Å²) in [6.07, 6.45) is 2.34. The van der Waals surface area contributed by atoms with Gasteiger partial charge in [-0.1, -0.05) is 18.1 Å². The number of fused-ring (bicyclic) bond motifs is 1. The number of hydrogen-bond donors (Lipinski definition) is 2. The summed E-state index contributed by atoms with van der Waals surface area (Å²) >= 11 is 0. The van der Waals surface area contributed by atoms with Gasteiger partial charge in [0.15, 0.2) is 0 Å². The Morgan fingerprint density at radius 1 is 1.06 bits per heavy atom. The molecule has 0 spiro atoms. The fraction of sp³-hybridized carbons (Fsp3) is 0.407. The topological polar surface area (TPSA) is 67.5 Å². The van der Waals surface area contributed by atoms with Crippen LogP contribution in [0.3, 0.4) is 0 Å². The van der Waals surface area contributed by atoms with Gasteiger partial charge in [-0.2, -0.15) is 5.10 Å². The Morgan fingerprint density at radius 2 is 1.85 bits per heavy atom. The highest BCUT2D eigenvalue weighted by atomic mass is 16.1. The highest BCUT2D eigenvalue weighted by Crippen LogP contribution is 2.34. The average molecular weight is 457 g/mol. The van der Waals surface area contributed by atoms with Crippen LogP contribution in [0.25, 0.3) is 10.9 Å². The largest absolute Gasteiger partial charge is 0.370 e. The fourth-order valence-corrected chi connectivity index (χ4v) is 4.80. The van der Waals surface area contributed by atoms with Crippen molar-refractivity contribution in [1.82, 2.24) is 20.0 Å². The lowest BCUT2D eigenvalue weighted by Gasteiger charge is -2.32. The van der Waals surface area contributed by atoms with Crippen LogP contribution in [0.2, 0.25) is 0 Å². The molecule has 1 aromatic heterocycles. The molecule has 2 aliphatic heterocycles. The first kappa shape index (κ1) is 22.5. The van der Waals surface area contributed by atoms with Crippen LogP contribution in [0.1, 0.15) is 36.6 Å². The van der Waals surface area contributed by atoms with Crippen LogP contribution >= 0.6 is 0 Å². The summed E-state index contributed by atoms with van der Waals surface area (Å²) in [7, 11) is 2.18. The van der Waals surface area contributed by atoms with E-state index in [1.54, 1.807) is 6.92 Å². The maximum absolute atomic E-state index is 11.9. The molecule has 2 fully saturated rings. The predicted molar refractivity (Wildman–Crippen MR) is 137 cm³/mol. The minimum Gasteiger partial charge on any atom is -0.370 e. The molecule has 2 aliphatic rings. The smallest absolute Gasteiger partial charge is 0.221 e. The number of anilines is 2. The van der Waals surface area contributed by atoms with Gasteiger partial charge in [-0.05, 0) is 55.6 Å². The third-order valence-electron chi connectivity index (χ3n) is 6.69. The normalized spacial score (nSPS) is 17.1. The third-order valence-corrected chi connectivity index (χ3v) is 6.69. The van der Waals surface area contributed by atoms with E-state index >= 15 is 0 Å². The molecule has 3 aromatic rings. The van der Waals surface area contributed by atoms with E-state index in [9.17, 15) is 4.79 Å². The molecule has 7 heteroatoms. The Bertz CT molecular complexity index is 1240. The zero-order valence-corrected chi connectivity index (χ0v) is 20.0. The monoisotopic (exact) mass is 456 g/mol. The first-order valence-electron chi connectivity index (χ1n) is 12.1. The van der Waals surface area contributed by atoms with E-state index in [2.05, 4.69) is 73.4 Å². The second-order valence-electron chi connectivity index (χ2n) is 9.39. The summed E-state index contributed by atoms with van der Waals surface area (Å²) in [6.45, 7) is 8.93. The Hall–Kier alpha value is -3.34. The second-order valence-corrected chi connectivity index (χ2v) is 9.39. The van der Waals surface area contributed by atoms with E-state index in [1.165, 1.54) is 18.4 Å². The minimum absolute atomic E-state index is 0.0758. The summed E-state index contributed by atoms with van der Waals surface area (Å²) in [4.78, 5) is 19.0. The number of piperazine rings is 1. The van der Waals surface area contributed by atoms with Crippen LogP contribution in [0, 0.1) is 11.8 Å². The van der Waals surface area contributed by atoms with E-state index in [1.807, 2.05) is 12.1 Å². The predicted octanol–water partition coefficient (Wildman–Crippen LogP) is 3.27. The van der Waals surface area contributed by atoms with Gasteiger partial charge in [0, 0.05) is 63.7 Å². The summed E-state index contributed by atoms with van der Waals surface area (Å²) in [5, 5.41) is 11.5.